The molecule has 0 radical (unpaired) electrons. The van der Waals surface area contributed by atoms with E-state index in [0.717, 1.165) is 49.4 Å². The Kier molecular flexibility index (Phi) is 5.17. The van der Waals surface area contributed by atoms with Crippen molar-refractivity contribution in [2.75, 3.05) is 13.1 Å². The zero-order valence-corrected chi connectivity index (χ0v) is 14.5. The average molecular weight is 320 g/mol. The molecule has 0 bridgehead atoms. The SMILES string of the molecule is Cc1cccc(OC2CCN(Cc3ccccc3C#N)CC2)c1C. The van der Waals surface area contributed by atoms with Gasteiger partial charge in [-0.05, 0) is 55.5 Å². The second-order valence-corrected chi connectivity index (χ2v) is 6.56. The van der Waals surface area contributed by atoms with Gasteiger partial charge in [0.1, 0.15) is 11.9 Å². The normalized spacial score (nSPS) is 15.9. The number of hydrogen-bond acceptors (Lipinski definition) is 3. The zero-order chi connectivity index (χ0) is 16.9. The fourth-order valence-corrected chi connectivity index (χ4v) is 3.22. The summed E-state index contributed by atoms with van der Waals surface area (Å²) in [7, 11) is 0. The van der Waals surface area contributed by atoms with E-state index in [4.69, 9.17) is 4.74 Å². The number of ether oxygens (including phenoxy) is 1. The van der Waals surface area contributed by atoms with Gasteiger partial charge in [-0.3, -0.25) is 4.90 Å². The van der Waals surface area contributed by atoms with Gasteiger partial charge in [0, 0.05) is 19.6 Å². The minimum atomic E-state index is 0.285. The average Bonchev–Trinajstić information content (AvgIpc) is 2.61. The van der Waals surface area contributed by atoms with E-state index < -0.39 is 0 Å². The smallest absolute Gasteiger partial charge is 0.122 e. The van der Waals surface area contributed by atoms with Crippen LogP contribution in [0.15, 0.2) is 42.5 Å². The van der Waals surface area contributed by atoms with Crippen molar-refractivity contribution < 1.29 is 4.74 Å². The lowest BCUT2D eigenvalue weighted by Crippen LogP contribution is -2.38. The summed E-state index contributed by atoms with van der Waals surface area (Å²) >= 11 is 0. The van der Waals surface area contributed by atoms with Crippen LogP contribution >= 0.6 is 0 Å². The Labute approximate surface area is 144 Å². The number of piperidine rings is 1. The Morgan fingerprint density at radius 3 is 2.58 bits per heavy atom. The van der Waals surface area contributed by atoms with Crippen molar-refractivity contribution in [1.29, 1.82) is 5.26 Å². The van der Waals surface area contributed by atoms with E-state index in [0.29, 0.717) is 0 Å². The minimum absolute atomic E-state index is 0.285. The van der Waals surface area contributed by atoms with Gasteiger partial charge in [-0.1, -0.05) is 30.3 Å². The van der Waals surface area contributed by atoms with Crippen molar-refractivity contribution in [3.8, 4) is 11.8 Å². The number of nitrogens with zero attached hydrogens (tertiary/aromatic N) is 2. The first kappa shape index (κ1) is 16.5. The summed E-state index contributed by atoms with van der Waals surface area (Å²) in [5.41, 5.74) is 4.42. The summed E-state index contributed by atoms with van der Waals surface area (Å²) in [6.07, 6.45) is 2.34. The van der Waals surface area contributed by atoms with Crippen LogP contribution < -0.4 is 4.74 Å². The molecule has 3 rings (SSSR count). The third-order valence-electron chi connectivity index (χ3n) is 4.91. The molecule has 3 heteroatoms. The van der Waals surface area contributed by atoms with Gasteiger partial charge in [0.2, 0.25) is 0 Å². The maximum atomic E-state index is 9.21. The van der Waals surface area contributed by atoms with Gasteiger partial charge in [-0.15, -0.1) is 0 Å². The first-order valence-corrected chi connectivity index (χ1v) is 8.60. The summed E-state index contributed by atoms with van der Waals surface area (Å²) in [6, 6.07) is 16.4. The molecule has 1 aliphatic heterocycles. The molecule has 2 aromatic carbocycles. The molecule has 0 aromatic heterocycles. The van der Waals surface area contributed by atoms with Crippen molar-refractivity contribution in [2.45, 2.75) is 39.3 Å². The third-order valence-corrected chi connectivity index (χ3v) is 4.91. The highest BCUT2D eigenvalue weighted by atomic mass is 16.5. The van der Waals surface area contributed by atoms with Crippen molar-refractivity contribution in [3.63, 3.8) is 0 Å². The van der Waals surface area contributed by atoms with Crippen molar-refractivity contribution in [2.24, 2.45) is 0 Å². The van der Waals surface area contributed by atoms with Gasteiger partial charge >= 0.3 is 0 Å². The van der Waals surface area contributed by atoms with Gasteiger partial charge in [-0.25, -0.2) is 0 Å². The lowest BCUT2D eigenvalue weighted by Gasteiger charge is -2.32. The molecular formula is C21H24N2O. The molecule has 0 N–H and O–H groups in total. The molecular weight excluding hydrogens is 296 g/mol. The highest BCUT2D eigenvalue weighted by molar-refractivity contribution is 5.38. The molecule has 124 valence electrons. The fourth-order valence-electron chi connectivity index (χ4n) is 3.22. The Hall–Kier alpha value is -2.31. The number of likely N-dealkylation sites (tertiary alicyclic amines) is 1. The van der Waals surface area contributed by atoms with Crippen LogP contribution in [0, 0.1) is 25.2 Å². The molecule has 0 aliphatic carbocycles. The van der Waals surface area contributed by atoms with Crippen molar-refractivity contribution >= 4 is 0 Å². The monoisotopic (exact) mass is 320 g/mol. The van der Waals surface area contributed by atoms with Gasteiger partial charge in [0.05, 0.1) is 11.6 Å². The van der Waals surface area contributed by atoms with Crippen LogP contribution in [0.3, 0.4) is 0 Å². The molecule has 0 unspecified atom stereocenters. The third kappa shape index (κ3) is 3.77. The Bertz CT molecular complexity index is 740. The molecule has 1 heterocycles. The Morgan fingerprint density at radius 1 is 1.08 bits per heavy atom. The molecule has 2 aromatic rings. The second-order valence-electron chi connectivity index (χ2n) is 6.56. The van der Waals surface area contributed by atoms with Gasteiger partial charge in [0.25, 0.3) is 0 Å². The van der Waals surface area contributed by atoms with E-state index >= 15 is 0 Å². The van der Waals surface area contributed by atoms with Gasteiger partial charge in [-0.2, -0.15) is 5.26 Å². The lowest BCUT2D eigenvalue weighted by molar-refractivity contribution is 0.0962. The largest absolute Gasteiger partial charge is 0.490 e. The maximum absolute atomic E-state index is 9.21. The molecule has 1 saturated heterocycles. The van der Waals surface area contributed by atoms with E-state index in [1.54, 1.807) is 0 Å². The number of nitriles is 1. The molecule has 24 heavy (non-hydrogen) atoms. The minimum Gasteiger partial charge on any atom is -0.490 e. The van der Waals surface area contributed by atoms with Crippen molar-refractivity contribution in [1.82, 2.24) is 4.90 Å². The van der Waals surface area contributed by atoms with Crippen molar-refractivity contribution in [3.05, 3.63) is 64.7 Å². The fraction of sp³-hybridized carbons (Fsp3) is 0.381. The van der Waals surface area contributed by atoms with Crippen LogP contribution in [-0.2, 0) is 6.54 Å². The number of rotatable bonds is 4. The van der Waals surface area contributed by atoms with Gasteiger partial charge in [0.15, 0.2) is 0 Å². The van der Waals surface area contributed by atoms with Crippen LogP contribution in [0.2, 0.25) is 0 Å². The van der Waals surface area contributed by atoms with Gasteiger partial charge < -0.3 is 4.74 Å². The molecule has 1 fully saturated rings. The first-order chi connectivity index (χ1) is 11.7. The van der Waals surface area contributed by atoms with Crippen LogP contribution in [0.1, 0.15) is 35.1 Å². The Morgan fingerprint density at radius 2 is 1.83 bits per heavy atom. The summed E-state index contributed by atoms with van der Waals surface area (Å²) in [5.74, 6) is 1.02. The van der Waals surface area contributed by atoms with E-state index in [9.17, 15) is 5.26 Å². The Balaban J connectivity index is 1.56. The maximum Gasteiger partial charge on any atom is 0.122 e. The predicted molar refractivity (Wildman–Crippen MR) is 96.0 cm³/mol. The standard InChI is InChI=1S/C21H24N2O/c1-16-6-5-9-21(17(16)2)24-20-10-12-23(13-11-20)15-19-8-4-3-7-18(19)14-22/h3-9,20H,10-13,15H2,1-2H3. The first-order valence-electron chi connectivity index (χ1n) is 8.60. The summed E-state index contributed by atoms with van der Waals surface area (Å²) < 4.78 is 6.23. The summed E-state index contributed by atoms with van der Waals surface area (Å²) in [4.78, 5) is 2.42. The van der Waals surface area contributed by atoms with E-state index in [-0.39, 0.29) is 6.10 Å². The predicted octanol–water partition coefficient (Wildman–Crippen LogP) is 4.22. The van der Waals surface area contributed by atoms with Crippen LogP contribution in [0.25, 0.3) is 0 Å². The molecule has 1 aliphatic rings. The zero-order valence-electron chi connectivity index (χ0n) is 14.5. The lowest BCUT2D eigenvalue weighted by atomic mass is 10.0. The summed E-state index contributed by atoms with van der Waals surface area (Å²) in [6.45, 7) is 7.11. The number of aryl methyl sites for hydroxylation is 1. The van der Waals surface area contributed by atoms with E-state index in [1.165, 1.54) is 11.1 Å². The van der Waals surface area contributed by atoms with Crippen LogP contribution in [0.5, 0.6) is 5.75 Å². The topological polar surface area (TPSA) is 36.3 Å². The molecule has 0 amide bonds. The highest BCUT2D eigenvalue weighted by Gasteiger charge is 2.21. The van der Waals surface area contributed by atoms with Crippen LogP contribution in [0.4, 0.5) is 0 Å². The molecule has 3 nitrogen and oxygen atoms in total. The molecule has 0 saturated carbocycles. The number of benzene rings is 2. The van der Waals surface area contributed by atoms with E-state index in [1.807, 2.05) is 18.2 Å². The quantitative estimate of drug-likeness (QED) is 0.846. The highest BCUT2D eigenvalue weighted by Crippen LogP contribution is 2.25. The van der Waals surface area contributed by atoms with Crippen LogP contribution in [-0.4, -0.2) is 24.1 Å². The number of hydrogen-bond donors (Lipinski definition) is 0. The molecule has 0 atom stereocenters. The van der Waals surface area contributed by atoms with E-state index in [2.05, 4.69) is 49.1 Å². The molecule has 0 spiro atoms. The second kappa shape index (κ2) is 7.51. The summed E-state index contributed by atoms with van der Waals surface area (Å²) in [5, 5.41) is 9.21.